The summed E-state index contributed by atoms with van der Waals surface area (Å²) in [4.78, 5) is 5.05. The molecule has 8 aromatic carbocycles. The van der Waals surface area contributed by atoms with E-state index in [1.807, 2.05) is 6.07 Å². The van der Waals surface area contributed by atoms with Crippen LogP contribution in [0.5, 0.6) is 0 Å². The first kappa shape index (κ1) is 29.2. The fraction of sp³-hybridized carbons (Fsp3) is 0.0204. The van der Waals surface area contributed by atoms with Gasteiger partial charge in [0.15, 0.2) is 0 Å². The van der Waals surface area contributed by atoms with Gasteiger partial charge in [0.1, 0.15) is 5.01 Å². The molecule has 52 heavy (non-hydrogen) atoms. The number of hydrogen-bond acceptors (Lipinski definition) is 3. The Hall–Kier alpha value is -6.60. The van der Waals surface area contributed by atoms with E-state index in [1.165, 1.54) is 76.7 Å². The number of aromatic nitrogens is 1. The van der Waals surface area contributed by atoms with Gasteiger partial charge in [0.25, 0.3) is 0 Å². The lowest BCUT2D eigenvalue weighted by Crippen LogP contribution is -2.26. The second-order valence-electron chi connectivity index (χ2n) is 13.8. The van der Waals surface area contributed by atoms with E-state index >= 15 is 0 Å². The van der Waals surface area contributed by atoms with Crippen LogP contribution in [0, 0.1) is 11.3 Å². The van der Waals surface area contributed by atoms with E-state index in [1.54, 1.807) is 11.3 Å². The van der Waals surface area contributed by atoms with Crippen LogP contribution in [-0.4, -0.2) is 4.98 Å². The Bertz CT molecular complexity index is 2930. The van der Waals surface area contributed by atoms with Crippen molar-refractivity contribution in [2.45, 2.75) is 5.41 Å². The molecule has 0 bridgehead atoms. The Kier molecular flexibility index (Phi) is 6.14. The lowest BCUT2D eigenvalue weighted by Gasteiger charge is -2.30. The maximum atomic E-state index is 9.99. The molecule has 0 atom stereocenters. The zero-order valence-electron chi connectivity index (χ0n) is 28.0. The van der Waals surface area contributed by atoms with Crippen molar-refractivity contribution in [3.8, 4) is 61.1 Å². The molecule has 9 aromatic rings. The number of rotatable bonds is 3. The summed E-state index contributed by atoms with van der Waals surface area (Å²) in [5.74, 6) is 0. The van der Waals surface area contributed by atoms with Crippen LogP contribution in [0.15, 0.2) is 170 Å². The highest BCUT2D eigenvalue weighted by Gasteiger charge is 2.51. The van der Waals surface area contributed by atoms with Gasteiger partial charge in [-0.25, -0.2) is 4.98 Å². The van der Waals surface area contributed by atoms with Gasteiger partial charge in [0, 0.05) is 5.56 Å². The topological polar surface area (TPSA) is 36.7 Å². The van der Waals surface area contributed by atoms with Gasteiger partial charge < -0.3 is 0 Å². The Morgan fingerprint density at radius 3 is 1.85 bits per heavy atom. The average molecular weight is 677 g/mol. The van der Waals surface area contributed by atoms with Crippen molar-refractivity contribution in [3.63, 3.8) is 0 Å². The van der Waals surface area contributed by atoms with E-state index in [0.29, 0.717) is 5.56 Å². The zero-order valence-corrected chi connectivity index (χ0v) is 28.8. The van der Waals surface area contributed by atoms with Crippen molar-refractivity contribution in [2.24, 2.45) is 0 Å². The molecular weight excluding hydrogens is 649 g/mol. The van der Waals surface area contributed by atoms with Crippen LogP contribution in [0.25, 0.3) is 76.1 Å². The molecule has 1 aromatic heterocycles. The van der Waals surface area contributed by atoms with Crippen LogP contribution < -0.4 is 0 Å². The first-order chi connectivity index (χ1) is 25.7. The molecule has 3 heteroatoms. The molecule has 2 aliphatic rings. The summed E-state index contributed by atoms with van der Waals surface area (Å²) < 4.78 is 1.18. The molecule has 1 heterocycles. The molecule has 240 valence electrons. The summed E-state index contributed by atoms with van der Waals surface area (Å²) in [7, 11) is 0. The van der Waals surface area contributed by atoms with E-state index in [4.69, 9.17) is 4.98 Å². The number of nitrogens with zero attached hydrogens (tertiary/aromatic N) is 2. The maximum Gasteiger partial charge on any atom is 0.124 e. The fourth-order valence-corrected chi connectivity index (χ4v) is 9.90. The van der Waals surface area contributed by atoms with E-state index in [-0.39, 0.29) is 0 Å². The molecule has 1 spiro atoms. The molecule has 2 nitrogen and oxygen atoms in total. The molecule has 2 aliphatic carbocycles. The zero-order chi connectivity index (χ0) is 34.4. The minimum absolute atomic E-state index is 0.494. The number of thiazole rings is 1. The highest BCUT2D eigenvalue weighted by atomic mass is 32.1. The average Bonchev–Trinajstić information content (AvgIpc) is 3.87. The molecule has 0 saturated carbocycles. The van der Waals surface area contributed by atoms with Crippen molar-refractivity contribution < 1.29 is 0 Å². The maximum absolute atomic E-state index is 9.99. The van der Waals surface area contributed by atoms with Gasteiger partial charge >= 0.3 is 0 Å². The van der Waals surface area contributed by atoms with Crippen molar-refractivity contribution >= 4 is 32.3 Å². The molecule has 0 fully saturated rings. The molecule has 0 aliphatic heterocycles. The summed E-state index contributed by atoms with van der Waals surface area (Å²) >= 11 is 1.74. The summed E-state index contributed by atoms with van der Waals surface area (Å²) in [6, 6.07) is 63.7. The fourth-order valence-electron chi connectivity index (χ4n) is 8.89. The molecule has 0 N–H and O–H groups in total. The third-order valence-electron chi connectivity index (χ3n) is 11.2. The predicted molar refractivity (Wildman–Crippen MR) is 214 cm³/mol. The van der Waals surface area contributed by atoms with Gasteiger partial charge in [-0.15, -0.1) is 11.3 Å². The minimum atomic E-state index is -0.494. The quantitative estimate of drug-likeness (QED) is 0.187. The highest BCUT2D eigenvalue weighted by Crippen LogP contribution is 2.63. The van der Waals surface area contributed by atoms with Crippen LogP contribution >= 0.6 is 11.3 Å². The third-order valence-corrected chi connectivity index (χ3v) is 12.2. The molecular formula is C49H28N2S. The number of hydrogen-bond donors (Lipinski definition) is 0. The smallest absolute Gasteiger partial charge is 0.124 e. The van der Waals surface area contributed by atoms with Gasteiger partial charge in [-0.1, -0.05) is 140 Å². The van der Waals surface area contributed by atoms with E-state index in [9.17, 15) is 5.26 Å². The first-order valence-electron chi connectivity index (χ1n) is 17.6. The van der Waals surface area contributed by atoms with Crippen LogP contribution in [0.4, 0.5) is 0 Å². The number of benzene rings is 8. The van der Waals surface area contributed by atoms with Crippen molar-refractivity contribution in [3.05, 3.63) is 198 Å². The first-order valence-corrected chi connectivity index (χ1v) is 18.4. The monoisotopic (exact) mass is 676 g/mol. The second kappa shape index (κ2) is 10.9. The van der Waals surface area contributed by atoms with Crippen molar-refractivity contribution in [1.82, 2.24) is 4.98 Å². The molecule has 0 amide bonds. The van der Waals surface area contributed by atoms with Gasteiger partial charge in [-0.2, -0.15) is 5.26 Å². The molecule has 0 unspecified atom stereocenters. The lowest BCUT2D eigenvalue weighted by atomic mass is 9.70. The van der Waals surface area contributed by atoms with Crippen molar-refractivity contribution in [1.29, 1.82) is 5.26 Å². The number of fused-ring (bicyclic) bond motifs is 12. The highest BCUT2D eigenvalue weighted by molar-refractivity contribution is 7.21. The lowest BCUT2D eigenvalue weighted by molar-refractivity contribution is 0.793. The summed E-state index contributed by atoms with van der Waals surface area (Å²) in [6.07, 6.45) is 0. The standard InChI is InChI=1S/C49H28N2S/c50-29-30-16-23-40-41-24-21-34(27-45(41)49(44(40)26-30)42-14-5-3-11-38(42)39-12-4-6-15-43(39)49)31-17-19-33(20-18-31)48-51-46-25-22-35(28-47(46)52-48)37-13-7-9-32-8-1-2-10-36(32)37/h1-28H. The Morgan fingerprint density at radius 1 is 0.462 bits per heavy atom. The van der Waals surface area contributed by atoms with E-state index in [2.05, 4.69) is 170 Å². The summed E-state index contributed by atoms with van der Waals surface area (Å²) in [6.45, 7) is 0. The van der Waals surface area contributed by atoms with Crippen LogP contribution in [0.2, 0.25) is 0 Å². The largest absolute Gasteiger partial charge is 0.236 e. The third kappa shape index (κ3) is 4.02. The molecule has 0 radical (unpaired) electrons. The van der Waals surface area contributed by atoms with Crippen molar-refractivity contribution in [2.75, 3.05) is 0 Å². The second-order valence-corrected chi connectivity index (χ2v) is 14.8. The van der Waals surface area contributed by atoms with E-state index in [0.717, 1.165) is 21.7 Å². The van der Waals surface area contributed by atoms with Gasteiger partial charge in [0.2, 0.25) is 0 Å². The van der Waals surface area contributed by atoms with Crippen LogP contribution in [0.1, 0.15) is 27.8 Å². The Labute approximate surface area is 305 Å². The minimum Gasteiger partial charge on any atom is -0.236 e. The Morgan fingerprint density at radius 2 is 1.06 bits per heavy atom. The Balaban J connectivity index is 1.00. The van der Waals surface area contributed by atoms with Crippen LogP contribution in [-0.2, 0) is 5.41 Å². The summed E-state index contributed by atoms with van der Waals surface area (Å²) in [5.41, 5.74) is 17.1. The number of nitriles is 1. The van der Waals surface area contributed by atoms with Gasteiger partial charge in [0.05, 0.1) is 27.3 Å². The van der Waals surface area contributed by atoms with E-state index < -0.39 is 5.41 Å². The molecule has 0 saturated heterocycles. The predicted octanol–water partition coefficient (Wildman–Crippen LogP) is 12.7. The van der Waals surface area contributed by atoms with Gasteiger partial charge in [-0.05, 0) is 108 Å². The van der Waals surface area contributed by atoms with Gasteiger partial charge in [-0.3, -0.25) is 0 Å². The molecule has 11 rings (SSSR count). The van der Waals surface area contributed by atoms with Crippen LogP contribution in [0.3, 0.4) is 0 Å². The SMILES string of the molecule is N#Cc1ccc2c(c1)C1(c3ccccc3-c3ccccc31)c1cc(-c3ccc(-c4nc5ccc(-c6cccc7ccccc67)cc5s4)cc3)ccc1-2. The summed E-state index contributed by atoms with van der Waals surface area (Å²) in [5, 5.41) is 13.5. The normalized spacial score (nSPS) is 13.1.